The topological polar surface area (TPSA) is 97.6 Å². The molecule has 0 atom stereocenters. The van der Waals surface area contributed by atoms with Gasteiger partial charge in [0.05, 0.1) is 16.8 Å². The summed E-state index contributed by atoms with van der Waals surface area (Å²) in [5.74, 6) is 1.43. The lowest BCUT2D eigenvalue weighted by Gasteiger charge is -1.98. The number of fused-ring (bicyclic) bond motifs is 1. The van der Waals surface area contributed by atoms with Gasteiger partial charge in [0, 0.05) is 12.4 Å². The van der Waals surface area contributed by atoms with E-state index in [0.717, 1.165) is 5.56 Å². The predicted octanol–water partition coefficient (Wildman–Crippen LogP) is 2.72. The van der Waals surface area contributed by atoms with Crippen molar-refractivity contribution in [2.45, 2.75) is 11.0 Å². The molecule has 0 radical (unpaired) electrons. The van der Waals surface area contributed by atoms with Crippen molar-refractivity contribution < 1.29 is 4.42 Å². The van der Waals surface area contributed by atoms with Crippen LogP contribution in [0.1, 0.15) is 5.82 Å². The lowest BCUT2D eigenvalue weighted by atomic mass is 10.3. The molecule has 0 aliphatic rings. The highest BCUT2D eigenvalue weighted by Gasteiger charge is 2.11. The molecule has 23 heavy (non-hydrogen) atoms. The average molecular weight is 343 g/mol. The van der Waals surface area contributed by atoms with Gasteiger partial charge in [0.25, 0.3) is 10.8 Å². The van der Waals surface area contributed by atoms with Gasteiger partial charge in [-0.1, -0.05) is 11.8 Å². The van der Waals surface area contributed by atoms with Crippen molar-refractivity contribution in [1.29, 1.82) is 0 Å². The fraction of sp³-hybridized carbons (Fsp3) is 0.0714. The summed E-state index contributed by atoms with van der Waals surface area (Å²) in [5, 5.41) is 10.2. The van der Waals surface area contributed by atoms with E-state index in [-0.39, 0.29) is 5.56 Å². The molecule has 9 heteroatoms. The zero-order valence-electron chi connectivity index (χ0n) is 11.6. The Morgan fingerprint density at radius 1 is 1.30 bits per heavy atom. The van der Waals surface area contributed by atoms with Gasteiger partial charge in [-0.15, -0.1) is 21.5 Å². The molecular weight excluding hydrogens is 334 g/mol. The number of pyridine rings is 1. The number of hydrogen-bond donors (Lipinski definition) is 1. The van der Waals surface area contributed by atoms with Gasteiger partial charge in [0.15, 0.2) is 0 Å². The largest absolute Gasteiger partial charge is 0.411 e. The molecule has 0 aromatic carbocycles. The van der Waals surface area contributed by atoms with Crippen molar-refractivity contribution in [2.24, 2.45) is 0 Å². The molecule has 7 nitrogen and oxygen atoms in total. The Balaban J connectivity index is 1.52. The predicted molar refractivity (Wildman–Crippen MR) is 87.3 cm³/mol. The standard InChI is InChI=1S/C14H9N5O2S2/c20-12-11-9(3-5-22-11)16-10(17-12)7-23-14-19-18-13(21-14)8-2-1-4-15-6-8/h1-6H,7H2,(H,16,17,20). The maximum Gasteiger partial charge on any atom is 0.277 e. The normalized spacial score (nSPS) is 11.1. The number of aromatic nitrogens is 5. The van der Waals surface area contributed by atoms with Crippen molar-refractivity contribution in [3.8, 4) is 11.5 Å². The number of aromatic amines is 1. The van der Waals surface area contributed by atoms with Crippen LogP contribution in [-0.4, -0.2) is 25.1 Å². The minimum Gasteiger partial charge on any atom is -0.411 e. The van der Waals surface area contributed by atoms with Crippen LogP contribution in [0.25, 0.3) is 21.7 Å². The summed E-state index contributed by atoms with van der Waals surface area (Å²) in [5.41, 5.74) is 1.34. The molecule has 0 fully saturated rings. The molecule has 0 unspecified atom stereocenters. The van der Waals surface area contributed by atoms with E-state index in [0.29, 0.717) is 32.9 Å². The summed E-state index contributed by atoms with van der Waals surface area (Å²) in [6.07, 6.45) is 3.34. The number of nitrogens with zero attached hydrogens (tertiary/aromatic N) is 4. The average Bonchev–Trinajstić information content (AvgIpc) is 3.23. The van der Waals surface area contributed by atoms with Crippen LogP contribution in [0.3, 0.4) is 0 Å². The van der Waals surface area contributed by atoms with Crippen LogP contribution in [0.5, 0.6) is 0 Å². The first-order valence-corrected chi connectivity index (χ1v) is 8.49. The van der Waals surface area contributed by atoms with Crippen molar-refractivity contribution in [1.82, 2.24) is 25.1 Å². The zero-order valence-corrected chi connectivity index (χ0v) is 13.2. The second-order valence-electron chi connectivity index (χ2n) is 4.55. The number of hydrogen-bond acceptors (Lipinski definition) is 8. The molecule has 0 bridgehead atoms. The van der Waals surface area contributed by atoms with Gasteiger partial charge < -0.3 is 9.40 Å². The fourth-order valence-corrected chi connectivity index (χ4v) is 3.35. The van der Waals surface area contributed by atoms with Gasteiger partial charge in [-0.05, 0) is 23.6 Å². The first-order valence-electron chi connectivity index (χ1n) is 6.63. The van der Waals surface area contributed by atoms with Crippen LogP contribution < -0.4 is 5.56 Å². The van der Waals surface area contributed by atoms with E-state index in [2.05, 4.69) is 25.1 Å². The van der Waals surface area contributed by atoms with Crippen molar-refractivity contribution >= 4 is 33.3 Å². The van der Waals surface area contributed by atoms with E-state index in [1.54, 1.807) is 18.5 Å². The second kappa shape index (κ2) is 5.94. The third kappa shape index (κ3) is 2.88. The van der Waals surface area contributed by atoms with Gasteiger partial charge in [-0.3, -0.25) is 9.78 Å². The third-order valence-electron chi connectivity index (χ3n) is 3.01. The lowest BCUT2D eigenvalue weighted by Crippen LogP contribution is -2.09. The van der Waals surface area contributed by atoms with E-state index in [4.69, 9.17) is 4.42 Å². The summed E-state index contributed by atoms with van der Waals surface area (Å²) in [4.78, 5) is 23.1. The molecule has 0 saturated heterocycles. The summed E-state index contributed by atoms with van der Waals surface area (Å²) >= 11 is 2.70. The summed E-state index contributed by atoms with van der Waals surface area (Å²) in [6.45, 7) is 0. The summed E-state index contributed by atoms with van der Waals surface area (Å²) < 4.78 is 6.21. The van der Waals surface area contributed by atoms with Crippen LogP contribution in [0.2, 0.25) is 0 Å². The Kier molecular flexibility index (Phi) is 3.64. The molecule has 4 aromatic heterocycles. The number of H-pyrrole nitrogens is 1. The monoisotopic (exact) mass is 343 g/mol. The molecule has 0 amide bonds. The minimum absolute atomic E-state index is 0.123. The highest BCUT2D eigenvalue weighted by molar-refractivity contribution is 7.98. The first kappa shape index (κ1) is 14.1. The van der Waals surface area contributed by atoms with Crippen molar-refractivity contribution in [3.05, 3.63) is 52.2 Å². The van der Waals surface area contributed by atoms with Gasteiger partial charge in [-0.2, -0.15) is 0 Å². The van der Waals surface area contributed by atoms with Crippen LogP contribution in [0, 0.1) is 0 Å². The number of thioether (sulfide) groups is 1. The van der Waals surface area contributed by atoms with Gasteiger partial charge in [-0.25, -0.2) is 4.98 Å². The minimum atomic E-state index is -0.123. The van der Waals surface area contributed by atoms with Crippen molar-refractivity contribution in [2.75, 3.05) is 0 Å². The van der Waals surface area contributed by atoms with E-state index in [9.17, 15) is 4.79 Å². The summed E-state index contributed by atoms with van der Waals surface area (Å²) in [7, 11) is 0. The van der Waals surface area contributed by atoms with Gasteiger partial charge >= 0.3 is 0 Å². The highest BCUT2D eigenvalue weighted by atomic mass is 32.2. The van der Waals surface area contributed by atoms with Crippen molar-refractivity contribution in [3.63, 3.8) is 0 Å². The van der Waals surface area contributed by atoms with Crippen LogP contribution in [0.4, 0.5) is 0 Å². The lowest BCUT2D eigenvalue weighted by molar-refractivity contribution is 0.465. The Morgan fingerprint density at radius 2 is 2.26 bits per heavy atom. The maximum absolute atomic E-state index is 11.9. The van der Waals surface area contributed by atoms with Gasteiger partial charge in [0.2, 0.25) is 5.89 Å². The molecule has 0 aliphatic heterocycles. The first-order chi connectivity index (χ1) is 11.3. The molecular formula is C14H9N5O2S2. The maximum atomic E-state index is 11.9. The fourth-order valence-electron chi connectivity index (χ4n) is 1.99. The number of rotatable bonds is 4. The van der Waals surface area contributed by atoms with E-state index in [1.807, 2.05) is 17.5 Å². The highest BCUT2D eigenvalue weighted by Crippen LogP contribution is 2.24. The zero-order chi connectivity index (χ0) is 15.6. The SMILES string of the molecule is O=c1[nH]c(CSc2nnc(-c3cccnc3)o2)nc2ccsc12. The van der Waals surface area contributed by atoms with Crippen LogP contribution in [0.15, 0.2) is 50.4 Å². The van der Waals surface area contributed by atoms with Crippen LogP contribution >= 0.6 is 23.1 Å². The van der Waals surface area contributed by atoms with Crippen LogP contribution in [-0.2, 0) is 5.75 Å². The Morgan fingerprint density at radius 3 is 3.13 bits per heavy atom. The van der Waals surface area contributed by atoms with E-state index < -0.39 is 0 Å². The molecule has 0 aliphatic carbocycles. The molecule has 4 rings (SSSR count). The molecule has 0 spiro atoms. The molecule has 114 valence electrons. The second-order valence-corrected chi connectivity index (χ2v) is 6.39. The molecule has 4 aromatic rings. The van der Waals surface area contributed by atoms with Gasteiger partial charge in [0.1, 0.15) is 10.5 Å². The van der Waals surface area contributed by atoms with E-state index >= 15 is 0 Å². The molecule has 1 N–H and O–H groups in total. The summed E-state index contributed by atoms with van der Waals surface area (Å²) in [6, 6.07) is 5.48. The quantitative estimate of drug-likeness (QED) is 0.569. The molecule has 0 saturated carbocycles. The third-order valence-corrected chi connectivity index (χ3v) is 4.74. The Bertz CT molecular complexity index is 1010. The Hall–Kier alpha value is -2.52. The number of nitrogens with one attached hydrogen (secondary N) is 1. The number of thiophene rings is 1. The van der Waals surface area contributed by atoms with E-state index in [1.165, 1.54) is 23.1 Å². The molecule has 4 heterocycles. The Labute approximate surface area is 137 Å². The smallest absolute Gasteiger partial charge is 0.277 e.